The van der Waals surface area contributed by atoms with Crippen LogP contribution in [0.15, 0.2) is 42.7 Å². The zero-order valence-electron chi connectivity index (χ0n) is 14.8. The highest BCUT2D eigenvalue weighted by molar-refractivity contribution is 6.10. The third-order valence-corrected chi connectivity index (χ3v) is 4.14. The van der Waals surface area contributed by atoms with E-state index in [9.17, 15) is 26.7 Å². The topological polar surface area (TPSA) is 48.6 Å². The lowest BCUT2D eigenvalue weighted by Gasteiger charge is -2.04. The molecule has 3 nitrogen and oxygen atoms in total. The van der Waals surface area contributed by atoms with Crippen molar-refractivity contribution in [3.05, 3.63) is 71.1 Å². The van der Waals surface area contributed by atoms with Gasteiger partial charge in [-0.15, -0.1) is 0 Å². The smallest absolute Gasteiger partial charge is 0.361 e. The second-order valence-corrected chi connectivity index (χ2v) is 6.38. The Morgan fingerprint density at radius 3 is 2.14 bits per heavy atom. The number of Topliss-reactive ketones (excluding diaryl/α,β-unsaturated/α-hetero) is 1. The van der Waals surface area contributed by atoms with Crippen molar-refractivity contribution in [3.8, 4) is 0 Å². The Bertz CT molecular complexity index is 1170. The summed E-state index contributed by atoms with van der Waals surface area (Å²) in [5.41, 5.74) is 1.85. The number of rotatable bonds is 1. The molecule has 2 heterocycles. The number of H-pyrrole nitrogens is 2. The molecule has 4 aromatic rings. The lowest BCUT2D eigenvalue weighted by molar-refractivity contribution is -0.0884. The lowest BCUT2D eigenvalue weighted by Crippen LogP contribution is -2.22. The van der Waals surface area contributed by atoms with E-state index in [2.05, 4.69) is 9.97 Å². The molecule has 28 heavy (non-hydrogen) atoms. The Labute approximate surface area is 156 Å². The molecule has 2 aromatic carbocycles. The van der Waals surface area contributed by atoms with Crippen molar-refractivity contribution in [2.75, 3.05) is 0 Å². The number of aromatic amines is 2. The van der Waals surface area contributed by atoms with Crippen LogP contribution in [0, 0.1) is 25.5 Å². The quantitative estimate of drug-likeness (QED) is 0.303. The number of halogens is 5. The van der Waals surface area contributed by atoms with Crippen LogP contribution in [0.25, 0.3) is 21.8 Å². The van der Waals surface area contributed by atoms with Gasteiger partial charge in [-0.05, 0) is 55.3 Å². The van der Waals surface area contributed by atoms with Crippen LogP contribution >= 0.6 is 0 Å². The number of aryl methyl sites for hydroxylation is 2. The number of ketones is 1. The highest BCUT2D eigenvalue weighted by Gasteiger charge is 2.40. The predicted molar refractivity (Wildman–Crippen MR) is 96.4 cm³/mol. The summed E-state index contributed by atoms with van der Waals surface area (Å²) in [6.07, 6.45) is -2.39. The van der Waals surface area contributed by atoms with Gasteiger partial charge in [0.1, 0.15) is 11.6 Å². The van der Waals surface area contributed by atoms with E-state index >= 15 is 0 Å². The molecule has 8 heteroatoms. The molecule has 0 atom stereocenters. The third kappa shape index (κ3) is 3.76. The van der Waals surface area contributed by atoms with Gasteiger partial charge >= 0.3 is 6.18 Å². The van der Waals surface area contributed by atoms with Crippen molar-refractivity contribution in [2.45, 2.75) is 20.0 Å². The fourth-order valence-corrected chi connectivity index (χ4v) is 2.94. The Balaban J connectivity index is 0.000000176. The van der Waals surface area contributed by atoms with Gasteiger partial charge < -0.3 is 9.97 Å². The van der Waals surface area contributed by atoms with Crippen LogP contribution in [0.4, 0.5) is 22.0 Å². The molecule has 4 rings (SSSR count). The first-order valence-electron chi connectivity index (χ1n) is 8.20. The van der Waals surface area contributed by atoms with Crippen molar-refractivity contribution in [2.24, 2.45) is 0 Å². The third-order valence-electron chi connectivity index (χ3n) is 4.14. The standard InChI is InChI=1S/C11H7F4NO.C9H8FN/c1-5-2-7(12)9-6(4-16-8(9)3-5)10(17)11(13,14)15;1-6-4-8(10)7-2-3-11-9(7)5-6/h2-4,16H,1H3;2-5,11H,1H3. The van der Waals surface area contributed by atoms with E-state index in [1.165, 1.54) is 12.1 Å². The SMILES string of the molecule is Cc1cc(F)c2c(C(=O)C(F)(F)F)c[nH]c2c1.Cc1cc(F)c2cc[nH]c2c1. The Morgan fingerprint density at radius 2 is 1.50 bits per heavy atom. The number of benzene rings is 2. The molecule has 2 aromatic heterocycles. The van der Waals surface area contributed by atoms with Crippen LogP contribution in [0.1, 0.15) is 21.5 Å². The van der Waals surface area contributed by atoms with E-state index in [4.69, 9.17) is 0 Å². The molecule has 0 saturated heterocycles. The summed E-state index contributed by atoms with van der Waals surface area (Å²) < 4.78 is 63.4. The van der Waals surface area contributed by atoms with Gasteiger partial charge in [0.2, 0.25) is 0 Å². The Hall–Kier alpha value is -3.16. The average molecular weight is 394 g/mol. The van der Waals surface area contributed by atoms with E-state index in [0.29, 0.717) is 10.9 Å². The molecule has 0 spiro atoms. The van der Waals surface area contributed by atoms with Crippen LogP contribution in [0.3, 0.4) is 0 Å². The minimum atomic E-state index is -5.01. The van der Waals surface area contributed by atoms with Crippen molar-refractivity contribution in [1.82, 2.24) is 9.97 Å². The number of hydrogen-bond donors (Lipinski definition) is 2. The first-order valence-corrected chi connectivity index (χ1v) is 8.20. The molecule has 2 N–H and O–H groups in total. The number of alkyl halides is 3. The molecule has 0 aliphatic heterocycles. The molecule has 0 aliphatic carbocycles. The predicted octanol–water partition coefficient (Wildman–Crippen LogP) is 5.98. The van der Waals surface area contributed by atoms with Crippen LogP contribution in [-0.2, 0) is 0 Å². The molecule has 0 radical (unpaired) electrons. The van der Waals surface area contributed by atoms with E-state index < -0.39 is 23.3 Å². The van der Waals surface area contributed by atoms with Crippen LogP contribution in [0.2, 0.25) is 0 Å². The van der Waals surface area contributed by atoms with E-state index in [1.807, 2.05) is 13.0 Å². The van der Waals surface area contributed by atoms with Crippen molar-refractivity contribution < 1.29 is 26.7 Å². The molecule has 0 unspecified atom stereocenters. The summed E-state index contributed by atoms with van der Waals surface area (Å²) >= 11 is 0. The number of fused-ring (bicyclic) bond motifs is 2. The summed E-state index contributed by atoms with van der Waals surface area (Å²) in [5.74, 6) is -3.04. The number of hydrogen-bond acceptors (Lipinski definition) is 1. The van der Waals surface area contributed by atoms with E-state index in [-0.39, 0.29) is 16.7 Å². The number of carbonyl (C=O) groups excluding carboxylic acids is 1. The maximum Gasteiger partial charge on any atom is 0.454 e. The molecule has 0 bridgehead atoms. The molecular formula is C20H15F5N2O. The zero-order chi connectivity index (χ0) is 20.6. The van der Waals surface area contributed by atoms with Gasteiger partial charge in [0.15, 0.2) is 0 Å². The summed E-state index contributed by atoms with van der Waals surface area (Å²) in [6.45, 7) is 3.48. The summed E-state index contributed by atoms with van der Waals surface area (Å²) in [5, 5.41) is 0.341. The first kappa shape index (κ1) is 19.6. The molecule has 146 valence electrons. The lowest BCUT2D eigenvalue weighted by atomic mass is 10.1. The molecular weight excluding hydrogens is 379 g/mol. The maximum atomic E-state index is 13.5. The zero-order valence-corrected chi connectivity index (χ0v) is 14.8. The average Bonchev–Trinajstić information content (AvgIpc) is 3.20. The van der Waals surface area contributed by atoms with Crippen molar-refractivity contribution >= 4 is 27.6 Å². The fourth-order valence-electron chi connectivity index (χ4n) is 2.94. The van der Waals surface area contributed by atoms with Gasteiger partial charge in [0, 0.05) is 34.2 Å². The minimum absolute atomic E-state index is 0.152. The van der Waals surface area contributed by atoms with Crippen LogP contribution in [-0.4, -0.2) is 21.9 Å². The monoisotopic (exact) mass is 394 g/mol. The minimum Gasteiger partial charge on any atom is -0.361 e. The molecule has 0 fully saturated rings. The second kappa shape index (κ2) is 7.10. The normalized spacial score (nSPS) is 11.5. The Kier molecular flexibility index (Phi) is 4.97. The van der Waals surface area contributed by atoms with Crippen molar-refractivity contribution in [1.29, 1.82) is 0 Å². The van der Waals surface area contributed by atoms with E-state index in [0.717, 1.165) is 23.3 Å². The molecule has 0 aliphatic rings. The van der Waals surface area contributed by atoms with Gasteiger partial charge in [-0.1, -0.05) is 0 Å². The maximum absolute atomic E-state index is 13.5. The van der Waals surface area contributed by atoms with Crippen molar-refractivity contribution in [3.63, 3.8) is 0 Å². The van der Waals surface area contributed by atoms with Crippen LogP contribution in [0.5, 0.6) is 0 Å². The number of carbonyl (C=O) groups is 1. The van der Waals surface area contributed by atoms with Gasteiger partial charge in [-0.2, -0.15) is 13.2 Å². The van der Waals surface area contributed by atoms with Gasteiger partial charge in [0.05, 0.1) is 5.56 Å². The molecule has 0 saturated carbocycles. The van der Waals surface area contributed by atoms with Gasteiger partial charge in [0.25, 0.3) is 5.78 Å². The fraction of sp³-hybridized carbons (Fsp3) is 0.150. The van der Waals surface area contributed by atoms with Gasteiger partial charge in [-0.25, -0.2) is 8.78 Å². The summed E-state index contributed by atoms with van der Waals surface area (Å²) in [4.78, 5) is 16.5. The first-order chi connectivity index (χ1) is 13.1. The second-order valence-electron chi connectivity index (χ2n) is 6.38. The summed E-state index contributed by atoms with van der Waals surface area (Å²) in [7, 11) is 0. The number of aromatic nitrogens is 2. The largest absolute Gasteiger partial charge is 0.454 e. The van der Waals surface area contributed by atoms with Crippen LogP contribution < -0.4 is 0 Å². The molecule has 0 amide bonds. The van der Waals surface area contributed by atoms with Gasteiger partial charge in [-0.3, -0.25) is 4.79 Å². The number of nitrogens with one attached hydrogen (secondary N) is 2. The highest BCUT2D eigenvalue weighted by Crippen LogP contribution is 2.29. The van der Waals surface area contributed by atoms with E-state index in [1.54, 1.807) is 19.2 Å². The summed E-state index contributed by atoms with van der Waals surface area (Å²) in [6, 6.07) is 7.77. The highest BCUT2D eigenvalue weighted by atomic mass is 19.4. The Morgan fingerprint density at radius 1 is 0.893 bits per heavy atom.